The monoisotopic (exact) mass is 252 g/mol. The third-order valence-corrected chi connectivity index (χ3v) is 3.02. The van der Waals surface area contributed by atoms with E-state index in [1.165, 1.54) is 0 Å². The number of aliphatic hydroxyl groups is 1. The average molecular weight is 252 g/mol. The zero-order chi connectivity index (χ0) is 13.7. The molecular weight excluding hydrogens is 228 g/mol. The van der Waals surface area contributed by atoms with Crippen LogP contribution in [-0.2, 0) is 0 Å². The van der Waals surface area contributed by atoms with Crippen molar-refractivity contribution in [2.24, 2.45) is 5.73 Å². The number of benzene rings is 1. The van der Waals surface area contributed by atoms with Crippen LogP contribution in [0.15, 0.2) is 18.2 Å². The molecule has 0 radical (unpaired) electrons. The Morgan fingerprint density at radius 1 is 1.39 bits per heavy atom. The fourth-order valence-corrected chi connectivity index (χ4v) is 1.88. The number of aliphatic hydroxyl groups excluding tert-OH is 1. The van der Waals surface area contributed by atoms with Gasteiger partial charge in [-0.15, -0.1) is 0 Å². The van der Waals surface area contributed by atoms with Crippen LogP contribution in [0.4, 0.5) is 0 Å². The number of aryl methyl sites for hydroxylation is 1. The van der Waals surface area contributed by atoms with Crippen molar-refractivity contribution in [3.8, 4) is 5.75 Å². The van der Waals surface area contributed by atoms with Crippen molar-refractivity contribution < 1.29 is 9.84 Å². The van der Waals surface area contributed by atoms with Gasteiger partial charge in [0.15, 0.2) is 0 Å². The molecule has 2 atom stereocenters. The number of nitrogens with zero attached hydrogens (tertiary/aromatic N) is 1. The van der Waals surface area contributed by atoms with Crippen LogP contribution in [0, 0.1) is 6.92 Å². The highest BCUT2D eigenvalue weighted by atomic mass is 16.5. The van der Waals surface area contributed by atoms with Gasteiger partial charge in [-0.1, -0.05) is 11.6 Å². The number of hydrogen-bond donors (Lipinski definition) is 2. The minimum atomic E-state index is -0.695. The van der Waals surface area contributed by atoms with E-state index in [0.29, 0.717) is 5.75 Å². The Kier molecular flexibility index (Phi) is 5.59. The molecule has 1 rings (SSSR count). The van der Waals surface area contributed by atoms with Gasteiger partial charge in [-0.3, -0.25) is 0 Å². The van der Waals surface area contributed by atoms with Gasteiger partial charge in [0.1, 0.15) is 5.75 Å². The van der Waals surface area contributed by atoms with E-state index < -0.39 is 6.10 Å². The average Bonchev–Trinajstić information content (AvgIpc) is 2.34. The number of ether oxygens (including phenoxy) is 1. The molecule has 102 valence electrons. The van der Waals surface area contributed by atoms with E-state index in [4.69, 9.17) is 10.5 Å². The maximum absolute atomic E-state index is 10.3. The molecule has 18 heavy (non-hydrogen) atoms. The first kappa shape index (κ1) is 15.0. The molecule has 4 nitrogen and oxygen atoms in total. The fraction of sp³-hybridized carbons (Fsp3) is 0.571. The fourth-order valence-electron chi connectivity index (χ4n) is 1.88. The van der Waals surface area contributed by atoms with Crippen LogP contribution in [0.25, 0.3) is 0 Å². The molecule has 0 aliphatic heterocycles. The molecule has 0 bridgehead atoms. The van der Waals surface area contributed by atoms with Gasteiger partial charge in [0.25, 0.3) is 0 Å². The topological polar surface area (TPSA) is 58.7 Å². The number of rotatable bonds is 6. The molecular formula is C14H24N2O2. The zero-order valence-corrected chi connectivity index (χ0v) is 11.7. The van der Waals surface area contributed by atoms with Crippen LogP contribution in [0.1, 0.15) is 23.7 Å². The summed E-state index contributed by atoms with van der Waals surface area (Å²) in [5, 5.41) is 10.3. The number of nitrogens with two attached hydrogens (primary N) is 1. The van der Waals surface area contributed by atoms with Crippen LogP contribution in [0.3, 0.4) is 0 Å². The van der Waals surface area contributed by atoms with Gasteiger partial charge in [-0.05, 0) is 46.1 Å². The lowest BCUT2D eigenvalue weighted by Gasteiger charge is -2.22. The first-order chi connectivity index (χ1) is 8.45. The molecule has 0 aromatic heterocycles. The molecule has 0 saturated carbocycles. The summed E-state index contributed by atoms with van der Waals surface area (Å²) in [6, 6.07) is 5.47. The lowest BCUT2D eigenvalue weighted by atomic mass is 9.98. The van der Waals surface area contributed by atoms with Crippen LogP contribution in [0.2, 0.25) is 0 Å². The van der Waals surface area contributed by atoms with Gasteiger partial charge in [-0.2, -0.15) is 0 Å². The molecule has 0 amide bonds. The van der Waals surface area contributed by atoms with Crippen LogP contribution in [0.5, 0.6) is 5.75 Å². The molecule has 0 aliphatic rings. The van der Waals surface area contributed by atoms with E-state index >= 15 is 0 Å². The molecule has 3 N–H and O–H groups in total. The first-order valence-corrected chi connectivity index (χ1v) is 6.18. The molecule has 0 heterocycles. The summed E-state index contributed by atoms with van der Waals surface area (Å²) < 4.78 is 5.27. The quantitative estimate of drug-likeness (QED) is 0.801. The summed E-state index contributed by atoms with van der Waals surface area (Å²) >= 11 is 0. The van der Waals surface area contributed by atoms with E-state index in [1.807, 2.05) is 39.2 Å². The first-order valence-electron chi connectivity index (χ1n) is 6.18. The Morgan fingerprint density at radius 3 is 2.61 bits per heavy atom. The van der Waals surface area contributed by atoms with Crippen molar-refractivity contribution in [2.75, 3.05) is 27.7 Å². The molecule has 0 saturated heterocycles. The van der Waals surface area contributed by atoms with Gasteiger partial charge < -0.3 is 20.5 Å². The summed E-state index contributed by atoms with van der Waals surface area (Å²) in [5.41, 5.74) is 7.89. The van der Waals surface area contributed by atoms with Gasteiger partial charge in [0.05, 0.1) is 13.2 Å². The van der Waals surface area contributed by atoms with Crippen molar-refractivity contribution in [2.45, 2.75) is 25.5 Å². The second-order valence-corrected chi connectivity index (χ2v) is 4.95. The third-order valence-electron chi connectivity index (χ3n) is 3.02. The van der Waals surface area contributed by atoms with E-state index in [-0.39, 0.29) is 6.04 Å². The van der Waals surface area contributed by atoms with Crippen LogP contribution in [-0.4, -0.2) is 43.8 Å². The van der Waals surface area contributed by atoms with E-state index in [2.05, 4.69) is 4.90 Å². The molecule has 0 aliphatic carbocycles. The summed E-state index contributed by atoms with van der Waals surface area (Å²) in [6.45, 7) is 2.84. The van der Waals surface area contributed by atoms with Crippen LogP contribution < -0.4 is 10.5 Å². The normalized spacial score (nSPS) is 14.6. The number of hydrogen-bond acceptors (Lipinski definition) is 4. The maximum atomic E-state index is 10.3. The Morgan fingerprint density at radius 2 is 2.06 bits per heavy atom. The molecule has 2 unspecified atom stereocenters. The van der Waals surface area contributed by atoms with Crippen molar-refractivity contribution in [3.05, 3.63) is 29.3 Å². The van der Waals surface area contributed by atoms with Crippen molar-refractivity contribution in [1.29, 1.82) is 0 Å². The third kappa shape index (κ3) is 3.98. The molecule has 0 fully saturated rings. The highest BCUT2D eigenvalue weighted by Gasteiger charge is 2.20. The van der Waals surface area contributed by atoms with Crippen molar-refractivity contribution in [1.82, 2.24) is 4.90 Å². The minimum absolute atomic E-state index is 0.289. The largest absolute Gasteiger partial charge is 0.496 e. The summed E-state index contributed by atoms with van der Waals surface area (Å²) in [7, 11) is 5.59. The van der Waals surface area contributed by atoms with Gasteiger partial charge in [0, 0.05) is 11.6 Å². The predicted molar refractivity (Wildman–Crippen MR) is 73.8 cm³/mol. The maximum Gasteiger partial charge on any atom is 0.124 e. The number of methoxy groups -OCH3 is 1. The second kappa shape index (κ2) is 6.73. The van der Waals surface area contributed by atoms with Crippen LogP contribution >= 0.6 is 0 Å². The summed E-state index contributed by atoms with van der Waals surface area (Å²) in [6.07, 6.45) is 0.0467. The highest BCUT2D eigenvalue weighted by molar-refractivity contribution is 5.39. The smallest absolute Gasteiger partial charge is 0.124 e. The van der Waals surface area contributed by atoms with Gasteiger partial charge >= 0.3 is 0 Å². The Labute approximate surface area is 109 Å². The lowest BCUT2D eigenvalue weighted by Crippen LogP contribution is -2.32. The van der Waals surface area contributed by atoms with E-state index in [1.54, 1.807) is 7.11 Å². The SMILES string of the molecule is COc1ccc(C)cc1C(O)C(N)CCN(C)C. The Bertz CT molecular complexity index is 380. The molecule has 0 spiro atoms. The summed E-state index contributed by atoms with van der Waals surface area (Å²) in [4.78, 5) is 2.06. The second-order valence-electron chi connectivity index (χ2n) is 4.95. The highest BCUT2D eigenvalue weighted by Crippen LogP contribution is 2.28. The van der Waals surface area contributed by atoms with E-state index in [9.17, 15) is 5.11 Å². The molecule has 1 aromatic rings. The summed E-state index contributed by atoms with van der Waals surface area (Å²) in [5.74, 6) is 0.688. The molecule has 1 aromatic carbocycles. The molecule has 4 heteroatoms. The zero-order valence-electron chi connectivity index (χ0n) is 11.7. The van der Waals surface area contributed by atoms with Gasteiger partial charge in [-0.25, -0.2) is 0 Å². The van der Waals surface area contributed by atoms with E-state index in [0.717, 1.165) is 24.1 Å². The van der Waals surface area contributed by atoms with Gasteiger partial charge in [0.2, 0.25) is 0 Å². The standard InChI is InChI=1S/C14H24N2O2/c1-10-5-6-13(18-4)11(9-10)14(17)12(15)7-8-16(2)3/h5-6,9,12,14,17H,7-8,15H2,1-4H3. The Balaban J connectivity index is 2.81. The van der Waals surface area contributed by atoms with Crippen molar-refractivity contribution in [3.63, 3.8) is 0 Å². The predicted octanol–water partition coefficient (Wildman–Crippen LogP) is 1.32. The Hall–Kier alpha value is -1.10. The van der Waals surface area contributed by atoms with Crippen molar-refractivity contribution >= 4 is 0 Å². The minimum Gasteiger partial charge on any atom is -0.496 e. The lowest BCUT2D eigenvalue weighted by molar-refractivity contribution is 0.134.